The summed E-state index contributed by atoms with van der Waals surface area (Å²) in [5, 5.41) is 0.276. The van der Waals surface area contributed by atoms with Gasteiger partial charge in [-0.05, 0) is 19.1 Å². The number of carbonyl (C=O) groups is 1. The number of benzene rings is 2. The van der Waals surface area contributed by atoms with Gasteiger partial charge < -0.3 is 9.47 Å². The Labute approximate surface area is 166 Å². The lowest BCUT2D eigenvalue weighted by Crippen LogP contribution is -2.22. The summed E-state index contributed by atoms with van der Waals surface area (Å²) in [7, 11) is 0. The van der Waals surface area contributed by atoms with Crippen LogP contribution >= 0.6 is 11.8 Å². The van der Waals surface area contributed by atoms with Gasteiger partial charge >= 0.3 is 0 Å². The summed E-state index contributed by atoms with van der Waals surface area (Å²) in [5.41, 5.74) is 2.10. The lowest BCUT2D eigenvalue weighted by Gasteiger charge is -2.19. The number of hydrogen-bond donors (Lipinski definition) is 0. The van der Waals surface area contributed by atoms with Crippen LogP contribution in [0.2, 0.25) is 0 Å². The predicted octanol–water partition coefficient (Wildman–Crippen LogP) is 3.29. The molecule has 1 aliphatic rings. The first-order chi connectivity index (χ1) is 13.6. The molecular weight excluding hydrogens is 376 g/mol. The van der Waals surface area contributed by atoms with Gasteiger partial charge in [-0.3, -0.25) is 14.2 Å². The Kier molecular flexibility index (Phi) is 5.16. The maximum atomic E-state index is 12.8. The molecule has 0 atom stereocenters. The molecule has 3 aromatic rings. The van der Waals surface area contributed by atoms with E-state index >= 15 is 0 Å². The van der Waals surface area contributed by atoms with Crippen molar-refractivity contribution in [1.82, 2.24) is 9.55 Å². The van der Waals surface area contributed by atoms with Crippen molar-refractivity contribution >= 4 is 17.5 Å². The molecule has 1 aromatic heterocycles. The molecule has 1 aliphatic heterocycles. The first kappa shape index (κ1) is 18.3. The van der Waals surface area contributed by atoms with Crippen molar-refractivity contribution in [2.45, 2.75) is 11.9 Å². The topological polar surface area (TPSA) is 70.4 Å². The monoisotopic (exact) mass is 394 g/mol. The van der Waals surface area contributed by atoms with Gasteiger partial charge in [0.15, 0.2) is 22.3 Å². The molecule has 0 unspecified atom stereocenters. The Morgan fingerprint density at radius 1 is 1.11 bits per heavy atom. The Hall–Kier alpha value is -3.06. The van der Waals surface area contributed by atoms with Gasteiger partial charge in [0, 0.05) is 24.0 Å². The van der Waals surface area contributed by atoms with Crippen molar-refractivity contribution in [3.63, 3.8) is 0 Å². The highest BCUT2D eigenvalue weighted by atomic mass is 32.2. The molecule has 6 nitrogen and oxygen atoms in total. The SMILES string of the molecule is Cc1ccc(C(=O)CSc2nccn(-c3ccc4c(c3)OCCO4)c2=O)cc1. The van der Waals surface area contributed by atoms with E-state index in [1.165, 1.54) is 4.57 Å². The van der Waals surface area contributed by atoms with Gasteiger partial charge in [-0.15, -0.1) is 0 Å². The third kappa shape index (κ3) is 3.80. The smallest absolute Gasteiger partial charge is 0.287 e. The molecule has 4 rings (SSSR count). The molecule has 142 valence electrons. The largest absolute Gasteiger partial charge is 0.486 e. The molecule has 0 spiro atoms. The fourth-order valence-electron chi connectivity index (χ4n) is 2.83. The number of carbonyl (C=O) groups excluding carboxylic acids is 1. The second-order valence-electron chi connectivity index (χ2n) is 6.31. The van der Waals surface area contributed by atoms with Crippen molar-refractivity contribution in [2.24, 2.45) is 0 Å². The average molecular weight is 394 g/mol. The first-order valence-corrected chi connectivity index (χ1v) is 9.81. The van der Waals surface area contributed by atoms with Crippen molar-refractivity contribution in [2.75, 3.05) is 19.0 Å². The van der Waals surface area contributed by atoms with Crippen LogP contribution in [0.1, 0.15) is 15.9 Å². The molecule has 0 aliphatic carbocycles. The molecule has 0 amide bonds. The summed E-state index contributed by atoms with van der Waals surface area (Å²) < 4.78 is 12.6. The van der Waals surface area contributed by atoms with E-state index in [1.807, 2.05) is 19.1 Å². The van der Waals surface area contributed by atoms with Crippen LogP contribution in [0.25, 0.3) is 5.69 Å². The molecule has 0 saturated heterocycles. The Morgan fingerprint density at radius 3 is 2.64 bits per heavy atom. The van der Waals surface area contributed by atoms with Crippen LogP contribution in [0.3, 0.4) is 0 Å². The van der Waals surface area contributed by atoms with Crippen LogP contribution < -0.4 is 15.0 Å². The maximum Gasteiger partial charge on any atom is 0.287 e. The number of rotatable bonds is 5. The van der Waals surface area contributed by atoms with E-state index in [2.05, 4.69) is 4.98 Å². The van der Waals surface area contributed by atoms with Gasteiger partial charge in [0.2, 0.25) is 0 Å². The Balaban J connectivity index is 1.54. The lowest BCUT2D eigenvalue weighted by atomic mass is 10.1. The number of hydrogen-bond acceptors (Lipinski definition) is 6. The molecule has 2 heterocycles. The predicted molar refractivity (Wildman–Crippen MR) is 107 cm³/mol. The molecule has 0 radical (unpaired) electrons. The van der Waals surface area contributed by atoms with Crippen LogP contribution in [0.5, 0.6) is 11.5 Å². The number of thioether (sulfide) groups is 1. The molecule has 0 fully saturated rings. The molecular formula is C21H18N2O4S. The fourth-order valence-corrected chi connectivity index (χ4v) is 3.63. The summed E-state index contributed by atoms with van der Waals surface area (Å²) in [4.78, 5) is 29.3. The number of aromatic nitrogens is 2. The molecule has 0 N–H and O–H groups in total. The quantitative estimate of drug-likeness (QED) is 0.489. The van der Waals surface area contributed by atoms with Crippen LogP contribution in [-0.2, 0) is 0 Å². The number of aryl methyl sites for hydroxylation is 1. The number of nitrogens with zero attached hydrogens (tertiary/aromatic N) is 2. The van der Waals surface area contributed by atoms with E-state index in [4.69, 9.17) is 9.47 Å². The summed E-state index contributed by atoms with van der Waals surface area (Å²) in [6.45, 7) is 2.96. The van der Waals surface area contributed by atoms with E-state index < -0.39 is 0 Å². The Bertz CT molecular complexity index is 1080. The van der Waals surface area contributed by atoms with E-state index in [0.717, 1.165) is 17.3 Å². The minimum Gasteiger partial charge on any atom is -0.486 e. The summed E-state index contributed by atoms with van der Waals surface area (Å²) in [5.74, 6) is 1.38. The third-order valence-electron chi connectivity index (χ3n) is 4.33. The highest BCUT2D eigenvalue weighted by molar-refractivity contribution is 7.99. The lowest BCUT2D eigenvalue weighted by molar-refractivity contribution is 0.102. The number of fused-ring (bicyclic) bond motifs is 1. The molecule has 7 heteroatoms. The van der Waals surface area contributed by atoms with Gasteiger partial charge in [0.05, 0.1) is 11.4 Å². The zero-order valence-electron chi connectivity index (χ0n) is 15.3. The second-order valence-corrected chi connectivity index (χ2v) is 7.28. The van der Waals surface area contributed by atoms with Gasteiger partial charge in [-0.2, -0.15) is 0 Å². The highest BCUT2D eigenvalue weighted by Gasteiger charge is 2.15. The van der Waals surface area contributed by atoms with Gasteiger partial charge in [0.25, 0.3) is 5.56 Å². The normalized spacial score (nSPS) is 12.6. The van der Waals surface area contributed by atoms with Crippen LogP contribution in [0.15, 0.2) is 64.7 Å². The zero-order valence-corrected chi connectivity index (χ0v) is 16.1. The number of ketones is 1. The first-order valence-electron chi connectivity index (χ1n) is 8.82. The van der Waals surface area contributed by atoms with Crippen molar-refractivity contribution in [1.29, 1.82) is 0 Å². The summed E-state index contributed by atoms with van der Waals surface area (Å²) in [6, 6.07) is 12.7. The minimum absolute atomic E-state index is 0.0408. The van der Waals surface area contributed by atoms with Crippen LogP contribution in [0.4, 0.5) is 0 Å². The maximum absolute atomic E-state index is 12.8. The van der Waals surface area contributed by atoms with E-state index in [9.17, 15) is 9.59 Å². The van der Waals surface area contributed by atoms with Gasteiger partial charge in [-0.25, -0.2) is 4.98 Å². The molecule has 2 aromatic carbocycles. The van der Waals surface area contributed by atoms with Crippen molar-refractivity contribution in [3.8, 4) is 17.2 Å². The fraction of sp³-hybridized carbons (Fsp3) is 0.190. The van der Waals surface area contributed by atoms with Crippen molar-refractivity contribution in [3.05, 3.63) is 76.3 Å². The Morgan fingerprint density at radius 2 is 1.86 bits per heavy atom. The van der Waals surface area contributed by atoms with E-state index in [1.54, 1.807) is 42.7 Å². The summed E-state index contributed by atoms with van der Waals surface area (Å²) in [6.07, 6.45) is 3.15. The van der Waals surface area contributed by atoms with Crippen LogP contribution in [0, 0.1) is 6.92 Å². The molecule has 28 heavy (non-hydrogen) atoms. The number of ether oxygens (including phenoxy) is 2. The molecule has 0 bridgehead atoms. The third-order valence-corrected chi connectivity index (χ3v) is 5.29. The second kappa shape index (κ2) is 7.90. The van der Waals surface area contributed by atoms with Crippen molar-refractivity contribution < 1.29 is 14.3 Å². The standard InChI is InChI=1S/C21H18N2O4S/c1-14-2-4-15(5-3-14)17(24)13-28-20-21(25)23(9-8-22-20)16-6-7-18-19(12-16)27-11-10-26-18/h2-9,12H,10-11,13H2,1H3. The van der Waals surface area contributed by atoms with Gasteiger partial charge in [-0.1, -0.05) is 41.6 Å². The van der Waals surface area contributed by atoms with Crippen LogP contribution in [-0.4, -0.2) is 34.3 Å². The zero-order chi connectivity index (χ0) is 19.5. The highest BCUT2D eigenvalue weighted by Crippen LogP contribution is 2.31. The average Bonchev–Trinajstić information content (AvgIpc) is 2.73. The van der Waals surface area contributed by atoms with Gasteiger partial charge in [0.1, 0.15) is 13.2 Å². The molecule has 0 saturated carbocycles. The van der Waals surface area contributed by atoms with E-state index in [-0.39, 0.29) is 22.1 Å². The minimum atomic E-state index is -0.277. The van der Waals surface area contributed by atoms with E-state index in [0.29, 0.717) is 36.0 Å². The number of Topliss-reactive ketones (excluding diaryl/α,β-unsaturated/α-hetero) is 1. The summed E-state index contributed by atoms with van der Waals surface area (Å²) >= 11 is 1.14.